The van der Waals surface area contributed by atoms with Crippen LogP contribution in [-0.4, -0.2) is 47.0 Å². The van der Waals surface area contributed by atoms with Gasteiger partial charge in [-0.3, -0.25) is 9.91 Å². The van der Waals surface area contributed by atoms with Gasteiger partial charge in [0.05, 0.1) is 0 Å². The Bertz CT molecular complexity index is 519. The number of likely N-dealkylation sites (tertiary alicyclic amines) is 1. The van der Waals surface area contributed by atoms with E-state index < -0.39 is 35.1 Å². The second-order valence-corrected chi connectivity index (χ2v) is 8.11. The number of amides is 3. The number of ether oxygens (including phenoxy) is 1. The summed E-state index contributed by atoms with van der Waals surface area (Å²) in [5.74, 6) is -0.981. The highest BCUT2D eigenvalue weighted by Gasteiger charge is 2.43. The summed E-state index contributed by atoms with van der Waals surface area (Å²) >= 11 is 0. The van der Waals surface area contributed by atoms with Crippen molar-refractivity contribution in [2.75, 3.05) is 6.54 Å². The number of hydrogen-bond donors (Lipinski definition) is 2. The van der Waals surface area contributed by atoms with Gasteiger partial charge in [0.1, 0.15) is 11.6 Å². The molecule has 1 fully saturated rings. The van der Waals surface area contributed by atoms with Crippen LogP contribution >= 0.6 is 0 Å². The van der Waals surface area contributed by atoms with Crippen molar-refractivity contribution >= 4 is 17.9 Å². The molecule has 8 nitrogen and oxygen atoms in total. The fraction of sp³-hybridized carbons (Fsp3) is 0.812. The zero-order valence-electron chi connectivity index (χ0n) is 15.3. The highest BCUT2D eigenvalue weighted by Crippen LogP contribution is 2.25. The lowest BCUT2D eigenvalue weighted by Crippen LogP contribution is -2.74. The molecule has 0 spiro atoms. The van der Waals surface area contributed by atoms with Crippen molar-refractivity contribution < 1.29 is 24.2 Å². The Labute approximate surface area is 142 Å². The average molecular weight is 340 g/mol. The number of alkyl carbamates (subject to hydrolysis) is 1. The second-order valence-electron chi connectivity index (χ2n) is 8.11. The first-order valence-electron chi connectivity index (χ1n) is 8.11. The molecule has 24 heavy (non-hydrogen) atoms. The van der Waals surface area contributed by atoms with Crippen LogP contribution in [0.5, 0.6) is 0 Å². The minimum absolute atomic E-state index is 0.362. The van der Waals surface area contributed by atoms with Crippen LogP contribution in [0, 0.1) is 5.41 Å². The molecule has 1 rings (SSSR count). The maximum atomic E-state index is 12.9. The van der Waals surface area contributed by atoms with Gasteiger partial charge < -0.3 is 20.5 Å². The number of nitrogens with zero attached hydrogens (tertiary/aromatic N) is 2. The molecule has 1 saturated heterocycles. The smallest absolute Gasteiger partial charge is 0.408 e. The van der Waals surface area contributed by atoms with Crippen molar-refractivity contribution in [2.24, 2.45) is 5.41 Å². The molecule has 3 amide bonds. The molecular weight excluding hydrogens is 312 g/mol. The summed E-state index contributed by atoms with van der Waals surface area (Å²) in [5.41, 5.74) is 7.59. The molecule has 0 radical (unpaired) electrons. The molecule has 0 aliphatic carbocycles. The number of carbonyl (C=O) groups is 3. The first-order chi connectivity index (χ1) is 10.9. The summed E-state index contributed by atoms with van der Waals surface area (Å²) in [5, 5.41) is 4.22. The van der Waals surface area contributed by atoms with Gasteiger partial charge in [-0.1, -0.05) is 20.8 Å². The SMILES string of the molecule is CC(C)(C)OC(=O)N[C@H](C(=O)N1CCC[C@H]1C(=O)[NH+]=[N-])C(C)(C)C. The summed E-state index contributed by atoms with van der Waals surface area (Å²) in [6.45, 7) is 11.1. The van der Waals surface area contributed by atoms with Gasteiger partial charge in [0.25, 0.3) is 0 Å². The fourth-order valence-corrected chi connectivity index (χ4v) is 2.62. The fourth-order valence-electron chi connectivity index (χ4n) is 2.62. The minimum atomic E-state index is -0.848. The van der Waals surface area contributed by atoms with Crippen molar-refractivity contribution in [1.82, 2.24) is 10.2 Å². The molecular formula is C16H28N4O4. The van der Waals surface area contributed by atoms with Gasteiger partial charge in [-0.2, -0.15) is 0 Å². The number of nitrogens with one attached hydrogen (secondary N) is 2. The quantitative estimate of drug-likeness (QED) is 0.730. The number of carbonyl (C=O) groups excluding carboxylic acids is 3. The molecule has 0 aromatic heterocycles. The molecule has 0 aromatic rings. The number of hydrogen-bond acceptors (Lipinski definition) is 4. The molecule has 0 saturated carbocycles. The standard InChI is InChI=1S/C16H28N4O4/c1-15(2,3)11(18-14(23)24-16(4,5)6)13(22)20-9-7-8-10(20)12(21)19-17/h10-11,19H,7-9H2,1-6H3,(H,18,23)/t10-,11+/m0/s1. The zero-order valence-corrected chi connectivity index (χ0v) is 15.3. The van der Waals surface area contributed by atoms with E-state index in [0.29, 0.717) is 19.4 Å². The van der Waals surface area contributed by atoms with Crippen LogP contribution in [-0.2, 0) is 14.3 Å². The number of rotatable bonds is 3. The van der Waals surface area contributed by atoms with E-state index in [1.165, 1.54) is 4.90 Å². The van der Waals surface area contributed by atoms with E-state index in [0.717, 1.165) is 0 Å². The summed E-state index contributed by atoms with van der Waals surface area (Å²) in [6, 6.07) is -1.58. The molecule has 0 aromatic carbocycles. The molecule has 1 aliphatic rings. The van der Waals surface area contributed by atoms with Gasteiger partial charge in [-0.05, 0) is 39.0 Å². The average Bonchev–Trinajstić information content (AvgIpc) is 2.89. The van der Waals surface area contributed by atoms with Crippen LogP contribution in [0.2, 0.25) is 0 Å². The minimum Gasteiger partial charge on any atom is -0.499 e. The highest BCUT2D eigenvalue weighted by molar-refractivity contribution is 5.90. The Balaban J connectivity index is 2.96. The van der Waals surface area contributed by atoms with E-state index in [2.05, 4.69) is 5.32 Å². The van der Waals surface area contributed by atoms with Crippen molar-refractivity contribution in [2.45, 2.75) is 72.1 Å². The lowest BCUT2D eigenvalue weighted by molar-refractivity contribution is -0.402. The Morgan fingerprint density at radius 2 is 1.79 bits per heavy atom. The third kappa shape index (κ3) is 5.28. The first-order valence-corrected chi connectivity index (χ1v) is 8.11. The van der Waals surface area contributed by atoms with Gasteiger partial charge in [0.15, 0.2) is 6.04 Å². The molecule has 1 heterocycles. The summed E-state index contributed by atoms with van der Waals surface area (Å²) < 4.78 is 5.23. The first kappa shape index (κ1) is 20.1. The normalized spacial score (nSPS) is 19.6. The van der Waals surface area contributed by atoms with E-state index >= 15 is 0 Å². The molecule has 8 heteroatoms. The van der Waals surface area contributed by atoms with Gasteiger partial charge >= 0.3 is 12.0 Å². The van der Waals surface area contributed by atoms with E-state index in [4.69, 9.17) is 10.3 Å². The Kier molecular flexibility index (Phi) is 6.08. The van der Waals surface area contributed by atoms with Crippen molar-refractivity contribution in [3.05, 3.63) is 5.53 Å². The molecule has 136 valence electrons. The highest BCUT2D eigenvalue weighted by atomic mass is 16.6. The van der Waals surface area contributed by atoms with Crippen LogP contribution in [0.25, 0.3) is 5.53 Å². The maximum absolute atomic E-state index is 12.9. The molecule has 0 bridgehead atoms. The van der Waals surface area contributed by atoms with E-state index in [9.17, 15) is 14.4 Å². The van der Waals surface area contributed by atoms with Crippen molar-refractivity contribution in [3.8, 4) is 0 Å². The third-order valence-electron chi connectivity index (χ3n) is 3.72. The van der Waals surface area contributed by atoms with E-state index in [1.54, 1.807) is 25.9 Å². The van der Waals surface area contributed by atoms with E-state index in [-0.39, 0.29) is 5.91 Å². The van der Waals surface area contributed by atoms with E-state index in [1.807, 2.05) is 20.8 Å². The third-order valence-corrected chi connectivity index (χ3v) is 3.72. The molecule has 1 aliphatic heterocycles. The summed E-state index contributed by atoms with van der Waals surface area (Å²) in [4.78, 5) is 38.1. The predicted molar refractivity (Wildman–Crippen MR) is 86.7 cm³/mol. The molecule has 2 N–H and O–H groups in total. The van der Waals surface area contributed by atoms with Gasteiger partial charge in [-0.15, -0.1) is 0 Å². The lowest BCUT2D eigenvalue weighted by atomic mass is 9.85. The van der Waals surface area contributed by atoms with Crippen LogP contribution in [0.15, 0.2) is 0 Å². The Morgan fingerprint density at radius 3 is 2.25 bits per heavy atom. The van der Waals surface area contributed by atoms with Crippen molar-refractivity contribution in [1.29, 1.82) is 0 Å². The second kappa shape index (κ2) is 7.27. The predicted octanol–water partition coefficient (Wildman–Crippen LogP) is 0.546. The van der Waals surface area contributed by atoms with Gasteiger partial charge in [0.2, 0.25) is 5.91 Å². The Morgan fingerprint density at radius 1 is 1.21 bits per heavy atom. The summed E-state index contributed by atoms with van der Waals surface area (Å²) in [7, 11) is 0. The summed E-state index contributed by atoms with van der Waals surface area (Å²) in [6.07, 6.45) is 0.451. The maximum Gasteiger partial charge on any atom is 0.408 e. The van der Waals surface area contributed by atoms with Crippen LogP contribution in [0.4, 0.5) is 4.79 Å². The largest absolute Gasteiger partial charge is 0.499 e. The topological polar surface area (TPSA) is 112 Å². The molecule has 0 unspecified atom stereocenters. The van der Waals surface area contributed by atoms with Crippen LogP contribution < -0.4 is 10.4 Å². The van der Waals surface area contributed by atoms with Crippen LogP contribution in [0.3, 0.4) is 0 Å². The van der Waals surface area contributed by atoms with Gasteiger partial charge in [-0.25, -0.2) is 9.59 Å². The molecule has 2 atom stereocenters. The van der Waals surface area contributed by atoms with Crippen LogP contribution in [0.1, 0.15) is 54.4 Å². The monoisotopic (exact) mass is 340 g/mol. The Hall–Kier alpha value is -1.99. The van der Waals surface area contributed by atoms with Gasteiger partial charge in [0, 0.05) is 6.54 Å². The zero-order chi connectivity index (χ0) is 18.7. The lowest BCUT2D eigenvalue weighted by Gasteiger charge is -2.35. The van der Waals surface area contributed by atoms with Crippen molar-refractivity contribution in [3.63, 3.8) is 0 Å².